The first-order chi connectivity index (χ1) is 15.2. The first kappa shape index (κ1) is 22.4. The van der Waals surface area contributed by atoms with E-state index in [1.807, 2.05) is 43.9 Å². The van der Waals surface area contributed by atoms with Gasteiger partial charge in [-0.25, -0.2) is 0 Å². The van der Waals surface area contributed by atoms with Crippen molar-refractivity contribution in [3.05, 3.63) is 58.1 Å². The molecule has 0 saturated carbocycles. The van der Waals surface area contributed by atoms with Crippen LogP contribution in [0.15, 0.2) is 30.3 Å². The number of hydrogen-bond acceptors (Lipinski definition) is 4. The highest BCUT2D eigenvalue weighted by molar-refractivity contribution is 6.01. The summed E-state index contributed by atoms with van der Waals surface area (Å²) in [6.45, 7) is 11.5. The van der Waals surface area contributed by atoms with Gasteiger partial charge in [0.25, 0.3) is 5.91 Å². The number of likely N-dealkylation sites (tertiary alicyclic amines) is 1. The molecule has 0 radical (unpaired) electrons. The van der Waals surface area contributed by atoms with Gasteiger partial charge in [0.05, 0.1) is 12.0 Å². The molecule has 1 spiro atoms. The van der Waals surface area contributed by atoms with E-state index >= 15 is 0 Å². The third kappa shape index (κ3) is 4.25. The molecule has 2 heterocycles. The molecule has 0 bridgehead atoms. The molecule has 0 aromatic heterocycles. The van der Waals surface area contributed by atoms with E-state index in [9.17, 15) is 9.59 Å². The van der Waals surface area contributed by atoms with Gasteiger partial charge in [-0.2, -0.15) is 0 Å². The van der Waals surface area contributed by atoms with Crippen LogP contribution in [0, 0.1) is 20.8 Å². The molecule has 1 fully saturated rings. The van der Waals surface area contributed by atoms with Crippen molar-refractivity contribution in [2.75, 3.05) is 19.7 Å². The second-order valence-corrected chi connectivity index (χ2v) is 9.63. The number of amides is 1. The number of carbonyl (C=O) groups is 2. The Hall–Kier alpha value is -2.82. The summed E-state index contributed by atoms with van der Waals surface area (Å²) in [5.41, 5.74) is 4.55. The molecule has 2 aromatic carbocycles. The van der Waals surface area contributed by atoms with E-state index in [1.54, 1.807) is 0 Å². The first-order valence-corrected chi connectivity index (χ1v) is 11.5. The van der Waals surface area contributed by atoms with Crippen molar-refractivity contribution in [2.24, 2.45) is 0 Å². The summed E-state index contributed by atoms with van der Waals surface area (Å²) in [5, 5.41) is 0. The summed E-state index contributed by atoms with van der Waals surface area (Å²) >= 11 is 0. The van der Waals surface area contributed by atoms with Crippen molar-refractivity contribution in [1.82, 2.24) is 4.90 Å². The van der Waals surface area contributed by atoms with Crippen molar-refractivity contribution < 1.29 is 19.1 Å². The zero-order chi connectivity index (χ0) is 23.0. The number of ketones is 1. The Morgan fingerprint density at radius 2 is 1.84 bits per heavy atom. The lowest BCUT2D eigenvalue weighted by Crippen LogP contribution is -2.53. The maximum absolute atomic E-state index is 12.9. The van der Waals surface area contributed by atoms with Gasteiger partial charge in [-0.15, -0.1) is 0 Å². The minimum atomic E-state index is -0.512. The first-order valence-electron chi connectivity index (χ1n) is 11.5. The summed E-state index contributed by atoms with van der Waals surface area (Å²) in [4.78, 5) is 27.5. The average molecular weight is 436 g/mol. The lowest BCUT2D eigenvalue weighted by atomic mass is 9.81. The smallest absolute Gasteiger partial charge is 0.260 e. The molecule has 1 saturated heterocycles. The number of Topliss-reactive ketones (excluding diaryl/α,β-unsaturated/α-hetero) is 1. The Labute approximate surface area is 190 Å². The van der Waals surface area contributed by atoms with Crippen molar-refractivity contribution in [3.8, 4) is 11.5 Å². The topological polar surface area (TPSA) is 55.8 Å². The fourth-order valence-corrected chi connectivity index (χ4v) is 4.70. The average Bonchev–Trinajstić information content (AvgIpc) is 2.75. The molecule has 0 N–H and O–H groups in total. The van der Waals surface area contributed by atoms with Crippen LogP contribution in [-0.2, 0) is 4.79 Å². The minimum absolute atomic E-state index is 0.0226. The number of benzene rings is 2. The molecule has 5 nitrogen and oxygen atoms in total. The van der Waals surface area contributed by atoms with E-state index in [2.05, 4.69) is 26.0 Å². The van der Waals surface area contributed by atoms with Gasteiger partial charge in [-0.3, -0.25) is 9.59 Å². The van der Waals surface area contributed by atoms with Crippen molar-refractivity contribution in [1.29, 1.82) is 0 Å². The van der Waals surface area contributed by atoms with Gasteiger partial charge in [0, 0.05) is 25.9 Å². The quantitative estimate of drug-likeness (QED) is 0.667. The Balaban J connectivity index is 1.40. The van der Waals surface area contributed by atoms with Crippen molar-refractivity contribution >= 4 is 11.7 Å². The van der Waals surface area contributed by atoms with Crippen LogP contribution in [0.4, 0.5) is 0 Å². The molecule has 4 rings (SSSR count). The Morgan fingerprint density at radius 1 is 1.12 bits per heavy atom. The fraction of sp³-hybridized carbons (Fsp3) is 0.481. The van der Waals surface area contributed by atoms with E-state index in [4.69, 9.17) is 9.47 Å². The normalized spacial score (nSPS) is 17.3. The third-order valence-corrected chi connectivity index (χ3v) is 6.95. The molecule has 32 heavy (non-hydrogen) atoms. The maximum Gasteiger partial charge on any atom is 0.260 e. The molecule has 2 aromatic rings. The van der Waals surface area contributed by atoms with Gasteiger partial charge in [0.1, 0.15) is 17.1 Å². The summed E-state index contributed by atoms with van der Waals surface area (Å²) in [6.07, 6.45) is 1.68. The van der Waals surface area contributed by atoms with Gasteiger partial charge in [0.15, 0.2) is 12.4 Å². The number of aryl methyl sites for hydroxylation is 2. The van der Waals surface area contributed by atoms with Crippen LogP contribution >= 0.6 is 0 Å². The summed E-state index contributed by atoms with van der Waals surface area (Å²) in [5.74, 6) is 1.95. The van der Waals surface area contributed by atoms with E-state index < -0.39 is 5.60 Å². The summed E-state index contributed by atoms with van der Waals surface area (Å²) in [6, 6.07) is 9.99. The number of piperidine rings is 1. The number of hydrogen-bond donors (Lipinski definition) is 0. The number of rotatable bonds is 4. The Bertz CT molecular complexity index is 1050. The van der Waals surface area contributed by atoms with Gasteiger partial charge in [0.2, 0.25) is 0 Å². The van der Waals surface area contributed by atoms with Crippen LogP contribution < -0.4 is 9.47 Å². The molecule has 1 amide bonds. The van der Waals surface area contributed by atoms with E-state index in [0.29, 0.717) is 43.8 Å². The predicted octanol–water partition coefficient (Wildman–Crippen LogP) is 5.14. The molecule has 0 aliphatic carbocycles. The molecule has 5 heteroatoms. The Kier molecular flexibility index (Phi) is 6.02. The molecule has 2 aliphatic rings. The lowest BCUT2D eigenvalue weighted by molar-refractivity contribution is -0.137. The Morgan fingerprint density at radius 3 is 2.53 bits per heavy atom. The molecule has 170 valence electrons. The number of fused-ring (bicyclic) bond motifs is 1. The number of ether oxygens (including phenoxy) is 2. The highest BCUT2D eigenvalue weighted by Gasteiger charge is 2.44. The standard InChI is InChI=1S/C27H33NO4/c1-17(2)21-8-6-18(3)14-24(21)31-16-25(30)28-12-10-27(11-13-28)15-23(29)22-9-7-19(4)20(5)26(22)32-27/h6-9,14,17H,10-13,15-16H2,1-5H3. The van der Waals surface area contributed by atoms with E-state index in [0.717, 1.165) is 33.8 Å². The van der Waals surface area contributed by atoms with Crippen LogP contribution in [0.5, 0.6) is 11.5 Å². The van der Waals surface area contributed by atoms with Crippen LogP contribution in [0.1, 0.15) is 71.6 Å². The molecule has 0 unspecified atom stereocenters. The number of nitrogens with zero attached hydrogens (tertiary/aromatic N) is 1. The number of carbonyl (C=O) groups excluding carboxylic acids is 2. The zero-order valence-electron chi connectivity index (χ0n) is 19.8. The predicted molar refractivity (Wildman–Crippen MR) is 125 cm³/mol. The van der Waals surface area contributed by atoms with E-state index in [-0.39, 0.29) is 18.3 Å². The zero-order valence-corrected chi connectivity index (χ0v) is 19.8. The highest BCUT2D eigenvalue weighted by atomic mass is 16.5. The SMILES string of the molecule is Cc1ccc(C(C)C)c(OCC(=O)N2CCC3(CC2)CC(=O)c2ccc(C)c(C)c2O3)c1. The van der Waals surface area contributed by atoms with E-state index in [1.165, 1.54) is 0 Å². The second-order valence-electron chi connectivity index (χ2n) is 9.63. The largest absolute Gasteiger partial charge is 0.486 e. The van der Waals surface area contributed by atoms with Crippen LogP contribution in [0.2, 0.25) is 0 Å². The van der Waals surface area contributed by atoms with Crippen molar-refractivity contribution in [3.63, 3.8) is 0 Å². The fourth-order valence-electron chi connectivity index (χ4n) is 4.70. The molecule has 2 aliphatic heterocycles. The van der Waals surface area contributed by atoms with Gasteiger partial charge >= 0.3 is 0 Å². The minimum Gasteiger partial charge on any atom is -0.486 e. The van der Waals surface area contributed by atoms with Gasteiger partial charge < -0.3 is 14.4 Å². The molecular formula is C27H33NO4. The van der Waals surface area contributed by atoms with Gasteiger partial charge in [-0.1, -0.05) is 32.0 Å². The van der Waals surface area contributed by atoms with Crippen LogP contribution in [0.3, 0.4) is 0 Å². The summed E-state index contributed by atoms with van der Waals surface area (Å²) < 4.78 is 12.4. The monoisotopic (exact) mass is 435 g/mol. The maximum atomic E-state index is 12.9. The molecule has 0 atom stereocenters. The van der Waals surface area contributed by atoms with Crippen LogP contribution in [0.25, 0.3) is 0 Å². The third-order valence-electron chi connectivity index (χ3n) is 6.95. The summed E-state index contributed by atoms with van der Waals surface area (Å²) in [7, 11) is 0. The highest BCUT2D eigenvalue weighted by Crippen LogP contribution is 2.41. The van der Waals surface area contributed by atoms with Crippen molar-refractivity contribution in [2.45, 2.75) is 65.4 Å². The lowest BCUT2D eigenvalue weighted by Gasteiger charge is -2.44. The van der Waals surface area contributed by atoms with Gasteiger partial charge in [-0.05, 0) is 61.1 Å². The molecular weight excluding hydrogens is 402 g/mol. The van der Waals surface area contributed by atoms with Crippen LogP contribution in [-0.4, -0.2) is 41.9 Å². The second kappa shape index (κ2) is 8.61.